The highest BCUT2D eigenvalue weighted by Gasteiger charge is 2.22. The van der Waals surface area contributed by atoms with Crippen LogP contribution < -0.4 is 4.89 Å². The van der Waals surface area contributed by atoms with Gasteiger partial charge >= 0.3 is 11.9 Å². The van der Waals surface area contributed by atoms with E-state index in [-0.39, 0.29) is 32.0 Å². The molecule has 0 aliphatic heterocycles. The molecule has 0 aromatic heterocycles. The number of rotatable bonds is 83. The van der Waals surface area contributed by atoms with Crippen molar-refractivity contribution in [1.82, 2.24) is 0 Å². The largest absolute Gasteiger partial charge is 0.756 e. The molecule has 0 aliphatic rings. The molecule has 0 aromatic carbocycles. The molecule has 9 nitrogen and oxygen atoms in total. The van der Waals surface area contributed by atoms with Gasteiger partial charge in [0.15, 0.2) is 6.10 Å². The van der Waals surface area contributed by atoms with Gasteiger partial charge in [-0.1, -0.05) is 420 Å². The predicted molar refractivity (Wildman–Crippen MR) is 443 cm³/mol. The van der Waals surface area contributed by atoms with Crippen molar-refractivity contribution in [2.75, 3.05) is 47.5 Å². The van der Waals surface area contributed by atoms with E-state index in [0.717, 1.165) is 70.6 Å². The molecule has 0 amide bonds. The van der Waals surface area contributed by atoms with Crippen LogP contribution in [0.1, 0.15) is 438 Å². The number of hydrogen-bond acceptors (Lipinski definition) is 8. The molecular weight excluding hydrogens is 1280 g/mol. The van der Waals surface area contributed by atoms with Crippen LogP contribution in [0.3, 0.4) is 0 Å². The average Bonchev–Trinajstić information content (AvgIpc) is 0.916. The minimum absolute atomic E-state index is 0.0287. The van der Waals surface area contributed by atoms with Gasteiger partial charge in [-0.15, -0.1) is 0 Å². The van der Waals surface area contributed by atoms with Gasteiger partial charge in [0.25, 0.3) is 7.82 Å². The summed E-state index contributed by atoms with van der Waals surface area (Å²) in [4.78, 5) is 38.3. The normalized spacial score (nSPS) is 13.4. The lowest BCUT2D eigenvalue weighted by molar-refractivity contribution is -0.870. The maximum atomic E-state index is 12.9. The third kappa shape index (κ3) is 86.1. The fourth-order valence-electron chi connectivity index (χ4n) is 13.2. The van der Waals surface area contributed by atoms with Crippen LogP contribution in [0, 0.1) is 0 Å². The van der Waals surface area contributed by atoms with E-state index >= 15 is 0 Å². The van der Waals surface area contributed by atoms with Gasteiger partial charge in [-0.2, -0.15) is 0 Å². The number of carbonyl (C=O) groups is 2. The highest BCUT2D eigenvalue weighted by molar-refractivity contribution is 7.45. The summed E-state index contributed by atoms with van der Waals surface area (Å²) in [5.74, 6) is -0.808. The minimum Gasteiger partial charge on any atom is -0.756 e. The van der Waals surface area contributed by atoms with E-state index in [4.69, 9.17) is 18.5 Å². The summed E-state index contributed by atoms with van der Waals surface area (Å²) in [6.07, 6.45) is 115. The second kappa shape index (κ2) is 82.3. The fraction of sp³-hybridized carbons (Fsp3) is 0.826. The summed E-state index contributed by atoms with van der Waals surface area (Å²) < 4.78 is 34.5. The average molecular weight is 1450 g/mol. The summed E-state index contributed by atoms with van der Waals surface area (Å²) in [6.45, 7) is 4.19. The van der Waals surface area contributed by atoms with Gasteiger partial charge in [0, 0.05) is 12.8 Å². The molecule has 0 radical (unpaired) electrons. The van der Waals surface area contributed by atoms with Crippen LogP contribution in [0.4, 0.5) is 0 Å². The van der Waals surface area contributed by atoms with Crippen molar-refractivity contribution in [2.45, 2.75) is 444 Å². The lowest BCUT2D eigenvalue weighted by Gasteiger charge is -2.28. The maximum Gasteiger partial charge on any atom is 0.306 e. The van der Waals surface area contributed by atoms with E-state index in [0.29, 0.717) is 17.4 Å². The monoisotopic (exact) mass is 1450 g/mol. The zero-order valence-corrected chi connectivity index (χ0v) is 69.2. The fourth-order valence-corrected chi connectivity index (χ4v) is 13.9. The van der Waals surface area contributed by atoms with Crippen molar-refractivity contribution in [3.05, 3.63) is 85.1 Å². The molecule has 0 rings (SSSR count). The molecule has 0 spiro atoms. The van der Waals surface area contributed by atoms with Gasteiger partial charge < -0.3 is 27.9 Å². The first-order valence-corrected chi connectivity index (χ1v) is 45.8. The first-order chi connectivity index (χ1) is 50.0. The number of ether oxygens (including phenoxy) is 2. The van der Waals surface area contributed by atoms with Crippen molar-refractivity contribution in [1.29, 1.82) is 0 Å². The molecule has 2 unspecified atom stereocenters. The molecule has 0 aromatic rings. The molecule has 0 N–H and O–H groups in total. The first-order valence-electron chi connectivity index (χ1n) is 44.3. The van der Waals surface area contributed by atoms with E-state index in [2.05, 4.69) is 98.9 Å². The molecule has 0 fully saturated rings. The molecule has 0 saturated carbocycles. The molecule has 2 atom stereocenters. The van der Waals surface area contributed by atoms with Crippen molar-refractivity contribution in [3.8, 4) is 0 Å². The van der Waals surface area contributed by atoms with Gasteiger partial charge in [0.05, 0.1) is 27.7 Å². The Labute approximate surface area is 634 Å². The van der Waals surface area contributed by atoms with Gasteiger partial charge in [0.2, 0.25) is 0 Å². The van der Waals surface area contributed by atoms with E-state index in [1.54, 1.807) is 0 Å². The summed E-state index contributed by atoms with van der Waals surface area (Å²) >= 11 is 0. The highest BCUT2D eigenvalue weighted by Crippen LogP contribution is 2.38. The van der Waals surface area contributed by atoms with Crippen molar-refractivity contribution in [2.24, 2.45) is 0 Å². The standard InChI is InChI=1S/C92H170NO8P/c1-6-8-10-12-14-16-18-20-22-24-26-28-30-32-34-36-38-40-42-44-45-46-47-49-51-53-55-57-59-61-63-65-67-69-71-73-75-77-79-81-83-85-92(95)101-90(89-100-102(96,97)99-87-86-93(3,4)5)88-98-91(94)84-82-80-78-76-74-72-70-68-66-64-62-60-58-56-54-52-50-48-43-41-39-37-35-33-31-29-27-25-23-21-19-17-15-13-11-9-7-2/h8,10,14,16,19-22,25-28,32,34,90H,6-7,9,11-13,15,17-18,23-24,29-31,33,35-89H2,1-5H3/b10-8-,16-14-,21-19-,22-20-,27-25-,28-26-,34-32-. The van der Waals surface area contributed by atoms with Crippen molar-refractivity contribution in [3.63, 3.8) is 0 Å². The van der Waals surface area contributed by atoms with E-state index in [1.807, 2.05) is 21.1 Å². The van der Waals surface area contributed by atoms with E-state index in [9.17, 15) is 19.0 Å². The molecule has 596 valence electrons. The van der Waals surface area contributed by atoms with Gasteiger partial charge in [-0.05, 0) is 89.9 Å². The molecule has 10 heteroatoms. The van der Waals surface area contributed by atoms with E-state index in [1.165, 1.54) is 334 Å². The van der Waals surface area contributed by atoms with Gasteiger partial charge in [-0.3, -0.25) is 14.2 Å². The quantitative estimate of drug-likeness (QED) is 0.0195. The number of unbranched alkanes of at least 4 members (excludes halogenated alkanes) is 55. The lowest BCUT2D eigenvalue weighted by Crippen LogP contribution is -2.37. The number of allylic oxidation sites excluding steroid dienone is 14. The van der Waals surface area contributed by atoms with Crippen LogP contribution in [0.15, 0.2) is 85.1 Å². The van der Waals surface area contributed by atoms with E-state index < -0.39 is 26.5 Å². The van der Waals surface area contributed by atoms with Gasteiger partial charge in [0.1, 0.15) is 19.8 Å². The van der Waals surface area contributed by atoms with Crippen LogP contribution in [0.25, 0.3) is 0 Å². The smallest absolute Gasteiger partial charge is 0.306 e. The topological polar surface area (TPSA) is 111 Å². The Hall–Kier alpha value is -2.81. The van der Waals surface area contributed by atoms with Crippen LogP contribution in [0.2, 0.25) is 0 Å². The number of esters is 2. The summed E-state index contributed by atoms with van der Waals surface area (Å²) in [5, 5.41) is 0. The SMILES string of the molecule is CC/C=C\C/C=C\C/C=C\C/C=C\C/C=C\CCCCCCCCCCCCCCCCCCCCCCCCCCCC(=O)OC(COC(=O)CCCCCCCCCCCCCCCCCCCCCCCCCCC/C=C\C/C=C\CCCCCCC)COP(=O)([O-])OCC[N+](C)(C)C. The lowest BCUT2D eigenvalue weighted by atomic mass is 10.0. The third-order valence-electron chi connectivity index (χ3n) is 19.9. The Morgan fingerprint density at radius 3 is 0.833 bits per heavy atom. The summed E-state index contributed by atoms with van der Waals surface area (Å²) in [7, 11) is 1.19. The number of likely N-dealkylation sites (N-methyl/N-ethyl adjacent to an activating group) is 1. The summed E-state index contributed by atoms with van der Waals surface area (Å²) in [5.41, 5.74) is 0. The number of hydrogen-bond donors (Lipinski definition) is 0. The zero-order chi connectivity index (χ0) is 74.0. The number of phosphoric ester groups is 1. The van der Waals surface area contributed by atoms with Crippen LogP contribution in [-0.4, -0.2) is 70.0 Å². The number of quaternary nitrogens is 1. The third-order valence-corrected chi connectivity index (χ3v) is 20.9. The Kier molecular flexibility index (Phi) is 80.0. The second-order valence-corrected chi connectivity index (χ2v) is 32.6. The molecule has 0 aliphatic carbocycles. The Morgan fingerprint density at radius 1 is 0.314 bits per heavy atom. The zero-order valence-electron chi connectivity index (χ0n) is 68.3. The summed E-state index contributed by atoms with van der Waals surface area (Å²) in [6, 6.07) is 0. The van der Waals surface area contributed by atoms with Crippen LogP contribution in [0.5, 0.6) is 0 Å². The second-order valence-electron chi connectivity index (χ2n) is 31.2. The molecule has 0 saturated heterocycles. The van der Waals surface area contributed by atoms with Gasteiger partial charge in [-0.25, -0.2) is 0 Å². The maximum absolute atomic E-state index is 12.9. The number of carbonyl (C=O) groups excluding carboxylic acids is 2. The Balaban J connectivity index is 3.86. The Morgan fingerprint density at radius 2 is 0.559 bits per heavy atom. The molecule has 102 heavy (non-hydrogen) atoms. The predicted octanol–water partition coefficient (Wildman–Crippen LogP) is 29.3. The highest BCUT2D eigenvalue weighted by atomic mass is 31.2. The first kappa shape index (κ1) is 99.2. The molecule has 0 bridgehead atoms. The number of nitrogens with zero attached hydrogens (tertiary/aromatic N) is 1. The Bertz CT molecular complexity index is 2000. The van der Waals surface area contributed by atoms with Crippen molar-refractivity contribution < 1.29 is 42.1 Å². The van der Waals surface area contributed by atoms with Crippen molar-refractivity contribution >= 4 is 19.8 Å². The van der Waals surface area contributed by atoms with Crippen LogP contribution >= 0.6 is 7.82 Å². The molecular formula is C92H170NO8P. The number of phosphoric acid groups is 1. The van der Waals surface area contributed by atoms with Crippen LogP contribution in [-0.2, 0) is 32.7 Å². The molecule has 0 heterocycles. The minimum atomic E-state index is -4.65.